The highest BCUT2D eigenvalue weighted by Crippen LogP contribution is 2.23. The maximum Gasteiger partial charge on any atom is 0.231 e. The van der Waals surface area contributed by atoms with Crippen molar-refractivity contribution in [2.24, 2.45) is 18.7 Å². The number of hydrogen-bond donors (Lipinski definition) is 2. The molecule has 3 N–H and O–H groups in total. The Bertz CT molecular complexity index is 389. The summed E-state index contributed by atoms with van der Waals surface area (Å²) in [5, 5.41) is 6.70. The van der Waals surface area contributed by atoms with Crippen molar-refractivity contribution in [3.05, 3.63) is 6.33 Å². The molecule has 1 heterocycles. The van der Waals surface area contributed by atoms with Crippen LogP contribution in [0.4, 0.5) is 5.95 Å². The third kappa shape index (κ3) is 2.82. The van der Waals surface area contributed by atoms with Gasteiger partial charge in [-0.15, -0.1) is 0 Å². The fourth-order valence-electron chi connectivity index (χ4n) is 2.27. The van der Waals surface area contributed by atoms with Gasteiger partial charge >= 0.3 is 0 Å². The van der Waals surface area contributed by atoms with Crippen molar-refractivity contribution < 1.29 is 4.79 Å². The molecule has 0 spiro atoms. The maximum absolute atomic E-state index is 12.1. The fraction of sp³-hybridized carbons (Fsp3) is 0.727. The van der Waals surface area contributed by atoms with Gasteiger partial charge in [-0.25, -0.2) is 4.68 Å². The lowest BCUT2D eigenvalue weighted by Crippen LogP contribution is -2.38. The highest BCUT2D eigenvalue weighted by molar-refractivity contribution is 5.91. The Morgan fingerprint density at radius 1 is 1.47 bits per heavy atom. The summed E-state index contributed by atoms with van der Waals surface area (Å²) < 4.78 is 1.54. The minimum absolute atomic E-state index is 0.0319. The molecule has 0 aliphatic heterocycles. The Labute approximate surface area is 101 Å². The molecule has 1 aliphatic carbocycles. The van der Waals surface area contributed by atoms with E-state index in [1.54, 1.807) is 11.7 Å². The van der Waals surface area contributed by atoms with E-state index in [2.05, 4.69) is 15.4 Å². The molecule has 1 aliphatic rings. The van der Waals surface area contributed by atoms with E-state index in [4.69, 9.17) is 5.73 Å². The minimum atomic E-state index is -0.103. The van der Waals surface area contributed by atoms with Gasteiger partial charge in [-0.2, -0.15) is 10.1 Å². The Morgan fingerprint density at radius 3 is 2.94 bits per heavy atom. The first kappa shape index (κ1) is 12.0. The van der Waals surface area contributed by atoms with E-state index in [0.717, 1.165) is 25.7 Å². The molecule has 0 saturated heterocycles. The van der Waals surface area contributed by atoms with Gasteiger partial charge < -0.3 is 5.73 Å². The maximum atomic E-state index is 12.1. The first-order valence-corrected chi connectivity index (χ1v) is 6.09. The number of carbonyl (C=O) groups is 1. The summed E-state index contributed by atoms with van der Waals surface area (Å²) in [5.41, 5.74) is 6.04. The highest BCUT2D eigenvalue weighted by Gasteiger charge is 2.27. The number of rotatable bonds is 2. The molecule has 0 radical (unpaired) electrons. The quantitative estimate of drug-likeness (QED) is 0.740. The van der Waals surface area contributed by atoms with Gasteiger partial charge in [0.15, 0.2) is 0 Å². The van der Waals surface area contributed by atoms with Crippen LogP contribution in [0, 0.1) is 5.92 Å². The van der Waals surface area contributed by atoms with Gasteiger partial charge in [0, 0.05) is 13.1 Å². The molecule has 2 rings (SSSR count). The molecule has 6 nitrogen and oxygen atoms in total. The zero-order valence-corrected chi connectivity index (χ0v) is 10.1. The number of nitrogens with two attached hydrogens (primary N) is 1. The van der Waals surface area contributed by atoms with E-state index in [0.29, 0.717) is 5.95 Å². The summed E-state index contributed by atoms with van der Waals surface area (Å²) in [6.45, 7) is 0. The number of amides is 1. The van der Waals surface area contributed by atoms with Crippen LogP contribution in [0.1, 0.15) is 32.1 Å². The average molecular weight is 237 g/mol. The second-order valence-electron chi connectivity index (χ2n) is 4.60. The number of aromatic nitrogens is 3. The number of aryl methyl sites for hydroxylation is 1. The van der Waals surface area contributed by atoms with E-state index >= 15 is 0 Å². The molecule has 1 fully saturated rings. The molecule has 2 unspecified atom stereocenters. The summed E-state index contributed by atoms with van der Waals surface area (Å²) in [6.07, 6.45) is 6.57. The number of nitrogens with zero attached hydrogens (tertiary/aromatic N) is 3. The van der Waals surface area contributed by atoms with Crippen molar-refractivity contribution >= 4 is 11.9 Å². The summed E-state index contributed by atoms with van der Waals surface area (Å²) >= 11 is 0. The Morgan fingerprint density at radius 2 is 2.24 bits per heavy atom. The zero-order valence-electron chi connectivity index (χ0n) is 10.1. The monoisotopic (exact) mass is 237 g/mol. The van der Waals surface area contributed by atoms with Crippen LogP contribution >= 0.6 is 0 Å². The third-order valence-corrected chi connectivity index (χ3v) is 3.35. The molecule has 94 valence electrons. The van der Waals surface area contributed by atoms with Crippen molar-refractivity contribution in [3.8, 4) is 0 Å². The molecule has 1 aromatic rings. The van der Waals surface area contributed by atoms with Crippen molar-refractivity contribution in [2.75, 3.05) is 5.32 Å². The molecule has 1 amide bonds. The Balaban J connectivity index is 2.01. The van der Waals surface area contributed by atoms with Crippen molar-refractivity contribution in [1.29, 1.82) is 0 Å². The van der Waals surface area contributed by atoms with Crippen LogP contribution in [0.25, 0.3) is 0 Å². The normalized spacial score (nSPS) is 25.3. The van der Waals surface area contributed by atoms with E-state index < -0.39 is 0 Å². The second-order valence-corrected chi connectivity index (χ2v) is 4.60. The van der Waals surface area contributed by atoms with Gasteiger partial charge in [0.25, 0.3) is 0 Å². The molecule has 2 atom stereocenters. The van der Waals surface area contributed by atoms with E-state index in [1.807, 2.05) is 0 Å². The lowest BCUT2D eigenvalue weighted by Gasteiger charge is -2.19. The molecule has 1 aromatic heterocycles. The van der Waals surface area contributed by atoms with Crippen LogP contribution in [0.15, 0.2) is 6.33 Å². The molecule has 6 heteroatoms. The fourth-order valence-corrected chi connectivity index (χ4v) is 2.27. The number of hydrogen-bond acceptors (Lipinski definition) is 4. The van der Waals surface area contributed by atoms with Gasteiger partial charge in [0.2, 0.25) is 11.9 Å². The molecule has 0 aromatic carbocycles. The Kier molecular flexibility index (Phi) is 3.73. The van der Waals surface area contributed by atoms with Crippen LogP contribution in [0.5, 0.6) is 0 Å². The second kappa shape index (κ2) is 5.27. The first-order chi connectivity index (χ1) is 8.18. The molecular weight excluding hydrogens is 218 g/mol. The predicted molar refractivity (Wildman–Crippen MR) is 64.2 cm³/mol. The Hall–Kier alpha value is -1.43. The smallest absolute Gasteiger partial charge is 0.231 e. The minimum Gasteiger partial charge on any atom is -0.327 e. The highest BCUT2D eigenvalue weighted by atomic mass is 16.2. The lowest BCUT2D eigenvalue weighted by molar-refractivity contribution is -0.120. The van der Waals surface area contributed by atoms with Crippen molar-refractivity contribution in [1.82, 2.24) is 14.8 Å². The van der Waals surface area contributed by atoms with Gasteiger partial charge in [-0.1, -0.05) is 19.3 Å². The lowest BCUT2D eigenvalue weighted by atomic mass is 9.95. The average Bonchev–Trinajstić information content (AvgIpc) is 2.57. The SMILES string of the molecule is Cn1ncnc1NC(=O)C1CCCCCC1N. The molecular formula is C11H19N5O. The van der Waals surface area contributed by atoms with E-state index in [9.17, 15) is 4.79 Å². The van der Waals surface area contributed by atoms with Crippen LogP contribution in [-0.4, -0.2) is 26.7 Å². The number of anilines is 1. The van der Waals surface area contributed by atoms with E-state index in [-0.39, 0.29) is 17.9 Å². The van der Waals surface area contributed by atoms with Crippen molar-refractivity contribution in [3.63, 3.8) is 0 Å². The molecule has 0 bridgehead atoms. The third-order valence-electron chi connectivity index (χ3n) is 3.35. The topological polar surface area (TPSA) is 85.8 Å². The van der Waals surface area contributed by atoms with Crippen LogP contribution in [0.3, 0.4) is 0 Å². The zero-order chi connectivity index (χ0) is 12.3. The van der Waals surface area contributed by atoms with Crippen LogP contribution < -0.4 is 11.1 Å². The number of nitrogens with one attached hydrogen (secondary N) is 1. The van der Waals surface area contributed by atoms with Crippen LogP contribution in [0.2, 0.25) is 0 Å². The summed E-state index contributed by atoms with van der Waals surface area (Å²) in [6, 6.07) is -0.0364. The first-order valence-electron chi connectivity index (χ1n) is 6.09. The summed E-state index contributed by atoms with van der Waals surface area (Å²) in [4.78, 5) is 16.1. The molecule has 1 saturated carbocycles. The van der Waals surface area contributed by atoms with Crippen LogP contribution in [-0.2, 0) is 11.8 Å². The van der Waals surface area contributed by atoms with E-state index in [1.165, 1.54) is 12.7 Å². The van der Waals surface area contributed by atoms with Gasteiger partial charge in [-0.05, 0) is 12.8 Å². The van der Waals surface area contributed by atoms with Gasteiger partial charge in [0.1, 0.15) is 6.33 Å². The standard InChI is InChI=1S/C11H19N5O/c1-16-11(13-7-14-16)15-10(17)8-5-3-2-4-6-9(8)12/h7-9H,2-6,12H2,1H3,(H,13,14,15,17). The largest absolute Gasteiger partial charge is 0.327 e. The predicted octanol–water partition coefficient (Wildman–Crippen LogP) is 0.661. The summed E-state index contributed by atoms with van der Waals surface area (Å²) in [7, 11) is 1.75. The number of carbonyl (C=O) groups excluding carboxylic acids is 1. The molecule has 17 heavy (non-hydrogen) atoms. The summed E-state index contributed by atoms with van der Waals surface area (Å²) in [5.74, 6) is 0.344. The van der Waals surface area contributed by atoms with Gasteiger partial charge in [-0.3, -0.25) is 10.1 Å². The van der Waals surface area contributed by atoms with Crippen molar-refractivity contribution in [2.45, 2.75) is 38.1 Å². The van der Waals surface area contributed by atoms with Gasteiger partial charge in [0.05, 0.1) is 5.92 Å².